The van der Waals surface area contributed by atoms with Gasteiger partial charge in [0, 0.05) is 56.8 Å². The van der Waals surface area contributed by atoms with Gasteiger partial charge in [-0.15, -0.1) is 0 Å². The Labute approximate surface area is 346 Å². The van der Waals surface area contributed by atoms with Gasteiger partial charge in [0.25, 0.3) is 0 Å². The van der Waals surface area contributed by atoms with Crippen molar-refractivity contribution < 1.29 is 4.74 Å². The minimum absolute atomic E-state index is 0.270. The fourth-order valence-corrected chi connectivity index (χ4v) is 8.55. The first-order chi connectivity index (χ1) is 29.2. The molecule has 0 N–H and O–H groups in total. The Morgan fingerprint density at radius 3 is 1.42 bits per heavy atom. The van der Waals surface area contributed by atoms with E-state index in [9.17, 15) is 0 Å². The molecule has 4 nitrogen and oxygen atoms in total. The number of anilines is 6. The van der Waals surface area contributed by atoms with Crippen LogP contribution in [0.15, 0.2) is 218 Å². The number of nitrogens with zero attached hydrogens (tertiary/aromatic N) is 3. The molecule has 0 aliphatic heterocycles. The number of methoxy groups -OCH3 is 1. The van der Waals surface area contributed by atoms with Gasteiger partial charge < -0.3 is 19.1 Å². The van der Waals surface area contributed by atoms with Crippen molar-refractivity contribution in [1.29, 1.82) is 0 Å². The lowest BCUT2D eigenvalue weighted by atomic mass is 9.86. The van der Waals surface area contributed by atoms with Gasteiger partial charge in [-0.25, -0.2) is 0 Å². The molecule has 8 aromatic carbocycles. The van der Waals surface area contributed by atoms with Gasteiger partial charge >= 0.3 is 0 Å². The normalized spacial score (nSPS) is 13.2. The second-order valence-electron chi connectivity index (χ2n) is 14.9. The minimum atomic E-state index is 0.270. The number of rotatable bonds is 10. The first-order valence-corrected chi connectivity index (χ1v) is 20.2. The largest absolute Gasteiger partial charge is 0.497 e. The first kappa shape index (κ1) is 35.8. The Morgan fingerprint density at radius 2 is 0.898 bits per heavy atom. The van der Waals surface area contributed by atoms with Crippen molar-refractivity contribution >= 4 is 51.1 Å². The number of benzene rings is 8. The highest BCUT2D eigenvalue weighted by Crippen LogP contribution is 2.41. The van der Waals surface area contributed by atoms with Gasteiger partial charge in [-0.3, -0.25) is 0 Å². The third-order valence-corrected chi connectivity index (χ3v) is 11.5. The summed E-state index contributed by atoms with van der Waals surface area (Å²) in [7, 11) is 1.70. The van der Waals surface area contributed by atoms with E-state index in [0.717, 1.165) is 52.0 Å². The van der Waals surface area contributed by atoms with Crippen LogP contribution in [-0.2, 0) is 6.42 Å². The molecule has 1 aliphatic rings. The van der Waals surface area contributed by atoms with Crippen LogP contribution in [0.25, 0.3) is 33.8 Å². The van der Waals surface area contributed by atoms with E-state index in [0.29, 0.717) is 0 Å². The Hall–Kier alpha value is -7.56. The molecule has 59 heavy (non-hydrogen) atoms. The number of aromatic nitrogens is 1. The maximum absolute atomic E-state index is 5.45. The van der Waals surface area contributed by atoms with Gasteiger partial charge in [-0.1, -0.05) is 115 Å². The maximum Gasteiger partial charge on any atom is 0.119 e. The van der Waals surface area contributed by atoms with E-state index < -0.39 is 0 Å². The van der Waals surface area contributed by atoms with Crippen molar-refractivity contribution in [3.05, 3.63) is 235 Å². The third-order valence-electron chi connectivity index (χ3n) is 11.5. The molecule has 1 aliphatic carbocycles. The van der Waals surface area contributed by atoms with Gasteiger partial charge in [0.1, 0.15) is 5.75 Å². The molecular weight excluding hydrogens is 719 g/mol. The standard InChI is InChI=1S/C55H43N3O/c1-59-51-36-34-49(35-37-51)57(46-17-9-4-10-18-46)48-30-25-42(26-31-48)43-27-38-55-53(39-43)52-19-11-12-20-54(52)58(55)50-32-23-41(24-33-50)40-21-28-47(29-22-40)56(44-13-5-2-6-14-44)45-15-7-3-8-16-45/h2-38,43H,39H2,1H3. The molecule has 0 bridgehead atoms. The van der Waals surface area contributed by atoms with Crippen LogP contribution in [-0.4, -0.2) is 11.7 Å². The molecule has 0 saturated heterocycles. The molecule has 1 heterocycles. The monoisotopic (exact) mass is 761 g/mol. The topological polar surface area (TPSA) is 20.6 Å². The number of para-hydroxylation sites is 4. The average molecular weight is 762 g/mol. The van der Waals surface area contributed by atoms with Gasteiger partial charge in [0.05, 0.1) is 12.6 Å². The van der Waals surface area contributed by atoms with E-state index in [1.807, 2.05) is 12.1 Å². The smallest absolute Gasteiger partial charge is 0.119 e. The second kappa shape index (κ2) is 15.8. The van der Waals surface area contributed by atoms with E-state index in [-0.39, 0.29) is 5.92 Å². The van der Waals surface area contributed by atoms with Crippen molar-refractivity contribution in [2.24, 2.45) is 0 Å². The molecule has 0 saturated carbocycles. The number of allylic oxidation sites excluding steroid dienone is 1. The summed E-state index contributed by atoms with van der Waals surface area (Å²) in [6.45, 7) is 0. The maximum atomic E-state index is 5.45. The molecule has 284 valence electrons. The molecular formula is C55H43N3O. The van der Waals surface area contributed by atoms with Gasteiger partial charge in [-0.05, 0) is 138 Å². The number of ether oxygens (including phenoxy) is 1. The SMILES string of the molecule is COc1ccc(N(c2ccccc2)c2ccc(C3C=Cc4c(c5ccccc5n4-c4ccc(-c5ccc(N(c6ccccc6)c6ccccc6)cc5)cc4)C3)cc2)cc1. The number of hydrogen-bond donors (Lipinski definition) is 0. The molecule has 0 spiro atoms. The Morgan fingerprint density at radius 1 is 0.458 bits per heavy atom. The molecule has 10 rings (SSSR count). The Bertz CT molecular complexity index is 2810. The predicted octanol–water partition coefficient (Wildman–Crippen LogP) is 14.6. The zero-order valence-electron chi connectivity index (χ0n) is 32.9. The molecule has 0 radical (unpaired) electrons. The van der Waals surface area contributed by atoms with Gasteiger partial charge in [-0.2, -0.15) is 0 Å². The second-order valence-corrected chi connectivity index (χ2v) is 14.9. The summed E-state index contributed by atoms with van der Waals surface area (Å²) in [6.07, 6.45) is 5.66. The van der Waals surface area contributed by atoms with E-state index in [4.69, 9.17) is 4.74 Å². The summed E-state index contributed by atoms with van der Waals surface area (Å²) in [5.41, 5.74) is 15.4. The minimum Gasteiger partial charge on any atom is -0.497 e. The lowest BCUT2D eigenvalue weighted by Gasteiger charge is -2.26. The Kier molecular flexibility index (Phi) is 9.57. The van der Waals surface area contributed by atoms with Crippen molar-refractivity contribution in [3.63, 3.8) is 0 Å². The summed E-state index contributed by atoms with van der Waals surface area (Å²) < 4.78 is 7.87. The van der Waals surface area contributed by atoms with Crippen molar-refractivity contribution in [3.8, 4) is 22.6 Å². The molecule has 4 heteroatoms. The van der Waals surface area contributed by atoms with Crippen molar-refractivity contribution in [2.75, 3.05) is 16.9 Å². The van der Waals surface area contributed by atoms with E-state index in [1.165, 1.54) is 38.9 Å². The zero-order valence-corrected chi connectivity index (χ0v) is 32.9. The zero-order chi connectivity index (χ0) is 39.5. The molecule has 1 unspecified atom stereocenters. The van der Waals surface area contributed by atoms with Crippen molar-refractivity contribution in [2.45, 2.75) is 12.3 Å². The highest BCUT2D eigenvalue weighted by molar-refractivity contribution is 5.91. The number of hydrogen-bond acceptors (Lipinski definition) is 3. The van der Waals surface area contributed by atoms with E-state index in [2.05, 4.69) is 227 Å². The molecule has 1 atom stereocenters. The predicted molar refractivity (Wildman–Crippen MR) is 247 cm³/mol. The van der Waals surface area contributed by atoms with Crippen LogP contribution in [0.2, 0.25) is 0 Å². The quantitative estimate of drug-likeness (QED) is 0.138. The molecule has 1 aromatic heterocycles. The average Bonchev–Trinajstić information content (AvgIpc) is 3.65. The summed E-state index contributed by atoms with van der Waals surface area (Å²) in [5.74, 6) is 1.11. The van der Waals surface area contributed by atoms with Crippen molar-refractivity contribution in [1.82, 2.24) is 4.57 Å². The lowest BCUT2D eigenvalue weighted by molar-refractivity contribution is 0.415. The lowest BCUT2D eigenvalue weighted by Crippen LogP contribution is -2.11. The van der Waals surface area contributed by atoms with Crippen LogP contribution in [0.3, 0.4) is 0 Å². The van der Waals surface area contributed by atoms with Crippen LogP contribution in [0.1, 0.15) is 22.7 Å². The van der Waals surface area contributed by atoms with E-state index >= 15 is 0 Å². The summed E-state index contributed by atoms with van der Waals surface area (Å²) in [4.78, 5) is 4.58. The fraction of sp³-hybridized carbons (Fsp3) is 0.0545. The van der Waals surface area contributed by atoms with Crippen LogP contribution < -0.4 is 14.5 Å². The first-order valence-electron chi connectivity index (χ1n) is 20.2. The summed E-state index contributed by atoms with van der Waals surface area (Å²) >= 11 is 0. The van der Waals surface area contributed by atoms with Crippen LogP contribution in [0.4, 0.5) is 34.1 Å². The highest BCUT2D eigenvalue weighted by Gasteiger charge is 2.24. The van der Waals surface area contributed by atoms with Gasteiger partial charge in [0.2, 0.25) is 0 Å². The highest BCUT2D eigenvalue weighted by atomic mass is 16.5. The van der Waals surface area contributed by atoms with Crippen LogP contribution in [0, 0.1) is 0 Å². The van der Waals surface area contributed by atoms with Gasteiger partial charge in [0.15, 0.2) is 0 Å². The van der Waals surface area contributed by atoms with E-state index in [1.54, 1.807) is 7.11 Å². The fourth-order valence-electron chi connectivity index (χ4n) is 8.55. The molecule has 0 amide bonds. The Balaban J connectivity index is 0.920. The summed E-state index contributed by atoms with van der Waals surface area (Å²) in [6, 6.07) is 75.7. The molecule has 0 fully saturated rings. The molecule has 9 aromatic rings. The summed E-state index contributed by atoms with van der Waals surface area (Å²) in [5, 5.41) is 1.31. The van der Waals surface area contributed by atoms with Crippen LogP contribution in [0.5, 0.6) is 5.75 Å². The van der Waals surface area contributed by atoms with Crippen LogP contribution >= 0.6 is 0 Å². The third kappa shape index (κ3) is 6.96. The number of fused-ring (bicyclic) bond motifs is 3.